The number of aliphatic hydroxyl groups excluding tert-OH is 1. The molecule has 0 spiro atoms. The molecule has 0 aliphatic carbocycles. The highest BCUT2D eigenvalue weighted by Gasteiger charge is 2.15. The molecule has 0 amide bonds. The smallest absolute Gasteiger partial charge is 0.0854 e. The highest BCUT2D eigenvalue weighted by molar-refractivity contribution is 6.35. The van der Waals surface area contributed by atoms with Crippen molar-refractivity contribution in [3.05, 3.63) is 0 Å². The van der Waals surface area contributed by atoms with Crippen LogP contribution in [0.3, 0.4) is 0 Å². The van der Waals surface area contributed by atoms with Gasteiger partial charge in [0.2, 0.25) is 0 Å². The van der Waals surface area contributed by atoms with Gasteiger partial charge in [-0.3, -0.25) is 4.99 Å². The molecule has 1 N–H and O–H groups in total. The van der Waals surface area contributed by atoms with Gasteiger partial charge in [0.25, 0.3) is 0 Å². The lowest BCUT2D eigenvalue weighted by Crippen LogP contribution is -2.31. The van der Waals surface area contributed by atoms with E-state index in [1.54, 1.807) is 0 Å². The molecule has 0 radical (unpaired) electrons. The van der Waals surface area contributed by atoms with Gasteiger partial charge in [-0.1, -0.05) is 0 Å². The van der Waals surface area contributed by atoms with Gasteiger partial charge in [-0.15, -0.1) is 0 Å². The third-order valence-electron chi connectivity index (χ3n) is 1.16. The van der Waals surface area contributed by atoms with E-state index in [1.165, 1.54) is 0 Å². The Balaban J connectivity index is 2.55. The van der Waals surface area contributed by atoms with Crippen molar-refractivity contribution in [3.63, 3.8) is 0 Å². The number of rotatable bonds is 1. The molecule has 4 nitrogen and oxygen atoms in total. The summed E-state index contributed by atoms with van der Waals surface area (Å²) < 4.78 is 0. The van der Waals surface area contributed by atoms with Crippen LogP contribution in [0.1, 0.15) is 6.42 Å². The maximum absolute atomic E-state index is 9.99. The lowest BCUT2D eigenvalue weighted by atomic mass is 10.2. The van der Waals surface area contributed by atoms with E-state index in [0.29, 0.717) is 0 Å². The average Bonchev–Trinajstić information content (AvgIpc) is 2.14. The minimum Gasteiger partial charge on any atom is -0.543 e. The Kier molecular flexibility index (Phi) is 1.48. The molecule has 9 heavy (non-hydrogen) atoms. The van der Waals surface area contributed by atoms with E-state index in [9.17, 15) is 9.90 Å². The molecule has 0 saturated heterocycles. The highest BCUT2D eigenvalue weighted by atomic mass is 16.4. The SMILES string of the molecule is O=C([O-])C1=NC[C@@H](O)C1. The van der Waals surface area contributed by atoms with Crippen molar-refractivity contribution in [1.82, 2.24) is 0 Å². The number of aliphatic carboxylic acids is 1. The van der Waals surface area contributed by atoms with Crippen molar-refractivity contribution in [2.45, 2.75) is 12.5 Å². The second-order valence-electron chi connectivity index (χ2n) is 1.93. The van der Waals surface area contributed by atoms with Crippen LogP contribution in [0.4, 0.5) is 0 Å². The highest BCUT2D eigenvalue weighted by Crippen LogP contribution is 2.03. The van der Waals surface area contributed by atoms with Gasteiger partial charge in [0.15, 0.2) is 0 Å². The molecule has 0 bridgehead atoms. The molecule has 1 heterocycles. The van der Waals surface area contributed by atoms with Gasteiger partial charge in [0.1, 0.15) is 0 Å². The molecule has 1 aliphatic rings. The predicted molar refractivity (Wildman–Crippen MR) is 27.9 cm³/mol. The summed E-state index contributed by atoms with van der Waals surface area (Å²) in [6, 6.07) is 0. The Labute approximate surface area is 51.8 Å². The van der Waals surface area contributed by atoms with Crippen molar-refractivity contribution in [2.75, 3.05) is 6.54 Å². The van der Waals surface area contributed by atoms with Crippen molar-refractivity contribution in [1.29, 1.82) is 0 Å². The van der Waals surface area contributed by atoms with Crippen molar-refractivity contribution < 1.29 is 15.0 Å². The first-order chi connectivity index (χ1) is 4.20. The van der Waals surface area contributed by atoms with E-state index in [-0.39, 0.29) is 18.7 Å². The Morgan fingerprint density at radius 1 is 1.89 bits per heavy atom. The van der Waals surface area contributed by atoms with E-state index < -0.39 is 12.1 Å². The zero-order chi connectivity index (χ0) is 6.85. The molecular formula is C5H6NO3-. The van der Waals surface area contributed by atoms with Crippen molar-refractivity contribution in [3.8, 4) is 0 Å². The summed E-state index contributed by atoms with van der Waals surface area (Å²) in [6.45, 7) is 0.198. The standard InChI is InChI=1S/C5H7NO3/c7-3-1-4(5(8)9)6-2-3/h3,7H,1-2H2,(H,8,9)/p-1/t3-/m0/s1. The summed E-state index contributed by atoms with van der Waals surface area (Å²) in [5.41, 5.74) is -0.0255. The summed E-state index contributed by atoms with van der Waals surface area (Å²) in [7, 11) is 0. The lowest BCUT2D eigenvalue weighted by molar-refractivity contribution is -0.294. The van der Waals surface area contributed by atoms with Crippen LogP contribution >= 0.6 is 0 Å². The average molecular weight is 128 g/mol. The molecule has 0 saturated carbocycles. The molecule has 0 unspecified atom stereocenters. The zero-order valence-corrected chi connectivity index (χ0v) is 4.70. The summed E-state index contributed by atoms with van der Waals surface area (Å²) in [5.74, 6) is -1.27. The van der Waals surface area contributed by atoms with Gasteiger partial charge < -0.3 is 15.0 Å². The first kappa shape index (κ1) is 6.22. The molecule has 0 fully saturated rings. The van der Waals surface area contributed by atoms with Gasteiger partial charge in [-0.25, -0.2) is 0 Å². The minimum atomic E-state index is -1.27. The topological polar surface area (TPSA) is 72.7 Å². The van der Waals surface area contributed by atoms with E-state index in [0.717, 1.165) is 0 Å². The normalized spacial score (nSPS) is 25.9. The van der Waals surface area contributed by atoms with Gasteiger partial charge >= 0.3 is 0 Å². The number of carboxylic acids is 1. The summed E-state index contributed by atoms with van der Waals surface area (Å²) >= 11 is 0. The monoisotopic (exact) mass is 128 g/mol. The molecule has 1 atom stereocenters. The molecule has 1 rings (SSSR count). The van der Waals surface area contributed by atoms with E-state index in [1.807, 2.05) is 0 Å². The molecule has 0 aromatic heterocycles. The van der Waals surface area contributed by atoms with E-state index >= 15 is 0 Å². The molecule has 1 aliphatic heterocycles. The van der Waals surface area contributed by atoms with Crippen LogP contribution in [-0.4, -0.2) is 29.4 Å². The number of aliphatic hydroxyl groups is 1. The molecule has 0 aromatic carbocycles. The number of hydrogen-bond donors (Lipinski definition) is 1. The lowest BCUT2D eigenvalue weighted by Gasteiger charge is -1.99. The van der Waals surface area contributed by atoms with Crippen molar-refractivity contribution >= 4 is 11.7 Å². The molecule has 50 valence electrons. The van der Waals surface area contributed by atoms with Gasteiger partial charge in [-0.2, -0.15) is 0 Å². The van der Waals surface area contributed by atoms with Gasteiger partial charge in [0.05, 0.1) is 24.3 Å². The fraction of sp³-hybridized carbons (Fsp3) is 0.600. The largest absolute Gasteiger partial charge is 0.543 e. The zero-order valence-electron chi connectivity index (χ0n) is 4.70. The number of hydrogen-bond acceptors (Lipinski definition) is 4. The Bertz CT molecular complexity index is 164. The fourth-order valence-corrected chi connectivity index (χ4v) is 0.716. The second kappa shape index (κ2) is 2.14. The molecule has 0 aromatic rings. The van der Waals surface area contributed by atoms with Crippen LogP contribution in [0.25, 0.3) is 0 Å². The van der Waals surface area contributed by atoms with Crippen LogP contribution in [0.2, 0.25) is 0 Å². The first-order valence-electron chi connectivity index (χ1n) is 2.63. The van der Waals surface area contributed by atoms with Crippen molar-refractivity contribution in [2.24, 2.45) is 4.99 Å². The van der Waals surface area contributed by atoms with Crippen LogP contribution < -0.4 is 5.11 Å². The summed E-state index contributed by atoms with van der Waals surface area (Å²) in [6.07, 6.45) is -0.486. The minimum absolute atomic E-state index is 0.0255. The number of carbonyl (C=O) groups is 1. The first-order valence-corrected chi connectivity index (χ1v) is 2.63. The van der Waals surface area contributed by atoms with E-state index in [4.69, 9.17) is 5.11 Å². The van der Waals surface area contributed by atoms with Crippen LogP contribution in [0, 0.1) is 0 Å². The number of carbonyl (C=O) groups excluding carboxylic acids is 1. The summed E-state index contributed by atoms with van der Waals surface area (Å²) in [4.78, 5) is 13.5. The van der Waals surface area contributed by atoms with Gasteiger partial charge in [-0.05, 0) is 0 Å². The molecular weight excluding hydrogens is 122 g/mol. The Morgan fingerprint density at radius 3 is 2.78 bits per heavy atom. The quantitative estimate of drug-likeness (QED) is 0.441. The Hall–Kier alpha value is -0.900. The predicted octanol–water partition coefficient (Wildman–Crippen LogP) is -2.06. The molecule has 4 heteroatoms. The maximum Gasteiger partial charge on any atom is 0.0854 e. The second-order valence-corrected chi connectivity index (χ2v) is 1.93. The van der Waals surface area contributed by atoms with E-state index in [2.05, 4.69) is 4.99 Å². The number of carboxylic acid groups (broad SMARTS) is 1. The van der Waals surface area contributed by atoms with Gasteiger partial charge in [0, 0.05) is 6.42 Å². The number of aliphatic imine (C=N–C) groups is 1. The summed E-state index contributed by atoms with van der Waals surface area (Å²) in [5, 5.41) is 18.7. The third-order valence-corrected chi connectivity index (χ3v) is 1.16. The third kappa shape index (κ3) is 1.26. The fourth-order valence-electron chi connectivity index (χ4n) is 0.716. The number of nitrogens with zero attached hydrogens (tertiary/aromatic N) is 1. The van der Waals surface area contributed by atoms with Crippen LogP contribution in [-0.2, 0) is 4.79 Å². The van der Waals surface area contributed by atoms with Crippen LogP contribution in [0.5, 0.6) is 0 Å². The Morgan fingerprint density at radius 2 is 2.56 bits per heavy atom. The maximum atomic E-state index is 9.99. The van der Waals surface area contributed by atoms with Crippen LogP contribution in [0.15, 0.2) is 4.99 Å².